The number of carbonyl (C=O) groups is 2. The number of halogens is 3. The average molecular weight is 307 g/mol. The van der Waals surface area contributed by atoms with E-state index < -0.39 is 47.9 Å². The van der Waals surface area contributed by atoms with Crippen molar-refractivity contribution in [3.63, 3.8) is 0 Å². The van der Waals surface area contributed by atoms with E-state index in [1.54, 1.807) is 20.8 Å². The summed E-state index contributed by atoms with van der Waals surface area (Å²) in [4.78, 5) is 24.4. The lowest BCUT2D eigenvalue weighted by Gasteiger charge is -2.31. The highest BCUT2D eigenvalue weighted by Gasteiger charge is 2.67. The number of carboxylic acids is 1. The van der Waals surface area contributed by atoms with Crippen molar-refractivity contribution in [3.05, 3.63) is 0 Å². The second kappa shape index (κ2) is 4.88. The molecule has 0 aromatic rings. The van der Waals surface area contributed by atoms with Gasteiger partial charge in [0.2, 0.25) is 5.91 Å². The lowest BCUT2D eigenvalue weighted by Crippen LogP contribution is -2.46. The Hall–Kier alpha value is -1.27. The fraction of sp³-hybridized carbons (Fsp3) is 0.857. The Morgan fingerprint density at radius 3 is 2.14 bits per heavy atom. The molecule has 0 heterocycles. The fourth-order valence-electron chi connectivity index (χ4n) is 3.19. The summed E-state index contributed by atoms with van der Waals surface area (Å²) in [5.74, 6) is -3.46. The normalized spacial score (nSPS) is 28.9. The van der Waals surface area contributed by atoms with Gasteiger partial charge in [0, 0.05) is 6.04 Å². The van der Waals surface area contributed by atoms with E-state index >= 15 is 0 Å². The van der Waals surface area contributed by atoms with Gasteiger partial charge >= 0.3 is 12.1 Å². The topological polar surface area (TPSA) is 57.6 Å². The van der Waals surface area contributed by atoms with Crippen molar-refractivity contribution < 1.29 is 27.9 Å². The van der Waals surface area contributed by atoms with Gasteiger partial charge in [0.15, 0.2) is 0 Å². The maximum Gasteiger partial charge on any atom is 0.406 e. The first-order valence-electron chi connectivity index (χ1n) is 7.07. The van der Waals surface area contributed by atoms with Crippen LogP contribution in [0.3, 0.4) is 0 Å². The van der Waals surface area contributed by atoms with Gasteiger partial charge in [0.05, 0.1) is 11.8 Å². The monoisotopic (exact) mass is 307 g/mol. The molecule has 3 atom stereocenters. The third-order valence-corrected chi connectivity index (χ3v) is 4.79. The largest absolute Gasteiger partial charge is 0.481 e. The molecule has 7 heteroatoms. The molecule has 2 aliphatic rings. The minimum absolute atomic E-state index is 0.0986. The van der Waals surface area contributed by atoms with E-state index in [0.717, 1.165) is 17.7 Å². The van der Waals surface area contributed by atoms with Crippen LogP contribution in [0.15, 0.2) is 0 Å². The van der Waals surface area contributed by atoms with Crippen LogP contribution in [0.5, 0.6) is 0 Å². The van der Waals surface area contributed by atoms with Crippen molar-refractivity contribution >= 4 is 11.9 Å². The molecule has 1 unspecified atom stereocenters. The van der Waals surface area contributed by atoms with Crippen LogP contribution in [0.2, 0.25) is 0 Å². The molecule has 2 aliphatic carbocycles. The summed E-state index contributed by atoms with van der Waals surface area (Å²) in [7, 11) is 0. The van der Waals surface area contributed by atoms with Gasteiger partial charge < -0.3 is 10.0 Å². The highest BCUT2D eigenvalue weighted by molar-refractivity contribution is 5.91. The van der Waals surface area contributed by atoms with Crippen LogP contribution in [0.1, 0.15) is 33.6 Å². The first-order valence-corrected chi connectivity index (χ1v) is 7.07. The molecule has 0 radical (unpaired) electrons. The molecule has 1 amide bonds. The molecular formula is C14H20F3NO3. The fourth-order valence-corrected chi connectivity index (χ4v) is 3.19. The summed E-state index contributed by atoms with van der Waals surface area (Å²) < 4.78 is 38.2. The Bertz CT molecular complexity index is 457. The van der Waals surface area contributed by atoms with Crippen LogP contribution in [0.4, 0.5) is 13.2 Å². The molecule has 21 heavy (non-hydrogen) atoms. The Labute approximate surface area is 121 Å². The second-order valence-corrected chi connectivity index (χ2v) is 6.77. The standard InChI is InChI=1S/C14H20F3NO3/c1-7(8-4-5-8)18(6-14(15,16)17)11(19)9-10(12(20)21)13(9,2)3/h7-10H,4-6H2,1-3H3,(H,20,21)/t7?,9-,10+/m1/s1. The molecule has 1 N–H and O–H groups in total. The van der Waals surface area contributed by atoms with Crippen LogP contribution >= 0.6 is 0 Å². The molecule has 2 fully saturated rings. The number of aliphatic carboxylic acids is 1. The lowest BCUT2D eigenvalue weighted by atomic mass is 10.1. The van der Waals surface area contributed by atoms with Gasteiger partial charge in [-0.25, -0.2) is 0 Å². The van der Waals surface area contributed by atoms with Crippen molar-refractivity contribution in [2.45, 2.75) is 45.8 Å². The first-order chi connectivity index (χ1) is 9.47. The van der Waals surface area contributed by atoms with E-state index in [0.29, 0.717) is 0 Å². The van der Waals surface area contributed by atoms with Crippen molar-refractivity contribution in [2.75, 3.05) is 6.54 Å². The summed E-state index contributed by atoms with van der Waals surface area (Å²) in [5.41, 5.74) is -0.782. The van der Waals surface area contributed by atoms with E-state index in [2.05, 4.69) is 0 Å². The van der Waals surface area contributed by atoms with Gasteiger partial charge in [-0.15, -0.1) is 0 Å². The summed E-state index contributed by atoms with van der Waals surface area (Å²) in [6, 6.07) is -0.495. The minimum Gasteiger partial charge on any atom is -0.481 e. The Morgan fingerprint density at radius 1 is 1.29 bits per heavy atom. The summed E-state index contributed by atoms with van der Waals surface area (Å²) in [5, 5.41) is 9.09. The van der Waals surface area contributed by atoms with E-state index in [1.165, 1.54) is 0 Å². The predicted octanol–water partition coefficient (Wildman–Crippen LogP) is 2.53. The third-order valence-electron chi connectivity index (χ3n) is 4.79. The van der Waals surface area contributed by atoms with Crippen molar-refractivity contribution in [3.8, 4) is 0 Å². The van der Waals surface area contributed by atoms with Crippen LogP contribution < -0.4 is 0 Å². The Balaban J connectivity index is 2.17. The zero-order chi connectivity index (χ0) is 16.2. The molecule has 0 spiro atoms. The highest BCUT2D eigenvalue weighted by Crippen LogP contribution is 2.59. The van der Waals surface area contributed by atoms with Gasteiger partial charge in [-0.1, -0.05) is 13.8 Å². The molecular weight excluding hydrogens is 287 g/mol. The third kappa shape index (κ3) is 3.16. The number of hydrogen-bond donors (Lipinski definition) is 1. The zero-order valence-electron chi connectivity index (χ0n) is 12.3. The Morgan fingerprint density at radius 2 is 1.81 bits per heavy atom. The van der Waals surface area contributed by atoms with Gasteiger partial charge in [0.1, 0.15) is 6.54 Å². The van der Waals surface area contributed by atoms with E-state index in [4.69, 9.17) is 5.11 Å². The highest BCUT2D eigenvalue weighted by atomic mass is 19.4. The minimum atomic E-state index is -4.48. The van der Waals surface area contributed by atoms with E-state index in [-0.39, 0.29) is 5.92 Å². The summed E-state index contributed by atoms with van der Waals surface area (Å²) >= 11 is 0. The van der Waals surface area contributed by atoms with Gasteiger partial charge in [-0.2, -0.15) is 13.2 Å². The Kier molecular flexibility index (Phi) is 3.74. The number of amides is 1. The van der Waals surface area contributed by atoms with Crippen molar-refractivity contribution in [1.82, 2.24) is 4.90 Å². The van der Waals surface area contributed by atoms with Gasteiger partial charge in [-0.3, -0.25) is 9.59 Å². The smallest absolute Gasteiger partial charge is 0.406 e. The van der Waals surface area contributed by atoms with E-state index in [1.807, 2.05) is 0 Å². The van der Waals surface area contributed by atoms with Crippen molar-refractivity contribution in [1.29, 1.82) is 0 Å². The molecule has 120 valence electrons. The number of carboxylic acid groups (broad SMARTS) is 1. The molecule has 2 saturated carbocycles. The summed E-state index contributed by atoms with van der Waals surface area (Å²) in [6.45, 7) is 3.54. The zero-order valence-corrected chi connectivity index (χ0v) is 12.3. The molecule has 4 nitrogen and oxygen atoms in total. The first kappa shape index (κ1) is 16.1. The molecule has 2 rings (SSSR count). The molecule has 0 aromatic heterocycles. The molecule has 0 aromatic carbocycles. The SMILES string of the molecule is CC(C1CC1)N(CC(F)(F)F)C(=O)[C@H]1[C@@H](C(=O)O)C1(C)C. The molecule has 0 aliphatic heterocycles. The number of alkyl halides is 3. The van der Waals surface area contributed by atoms with Crippen LogP contribution in [0.25, 0.3) is 0 Å². The van der Waals surface area contributed by atoms with Crippen molar-refractivity contribution in [2.24, 2.45) is 23.2 Å². The molecule has 0 saturated heterocycles. The second-order valence-electron chi connectivity index (χ2n) is 6.77. The maximum absolute atomic E-state index is 12.7. The maximum atomic E-state index is 12.7. The van der Waals surface area contributed by atoms with E-state index in [9.17, 15) is 22.8 Å². The van der Waals surface area contributed by atoms with Gasteiger partial charge in [0.25, 0.3) is 0 Å². The summed E-state index contributed by atoms with van der Waals surface area (Å²) in [6.07, 6.45) is -2.84. The lowest BCUT2D eigenvalue weighted by molar-refractivity contribution is -0.167. The average Bonchev–Trinajstić information content (AvgIpc) is 3.18. The van der Waals surface area contributed by atoms with Crippen LogP contribution in [0, 0.1) is 23.2 Å². The quantitative estimate of drug-likeness (QED) is 0.849. The predicted molar refractivity (Wildman–Crippen MR) is 68.4 cm³/mol. The van der Waals surface area contributed by atoms with Crippen LogP contribution in [-0.2, 0) is 9.59 Å². The van der Waals surface area contributed by atoms with Gasteiger partial charge in [-0.05, 0) is 31.1 Å². The number of nitrogens with zero attached hydrogens (tertiary/aromatic N) is 1. The number of carbonyl (C=O) groups excluding carboxylic acids is 1. The molecule has 0 bridgehead atoms. The number of hydrogen-bond acceptors (Lipinski definition) is 2. The van der Waals surface area contributed by atoms with Crippen LogP contribution in [-0.4, -0.2) is 40.6 Å². The number of rotatable bonds is 5.